The summed E-state index contributed by atoms with van der Waals surface area (Å²) < 4.78 is 10.5. The molecule has 1 heterocycles. The summed E-state index contributed by atoms with van der Waals surface area (Å²) in [5.41, 5.74) is 4.34. The van der Waals surface area contributed by atoms with Crippen LogP contribution >= 0.6 is 11.8 Å². The van der Waals surface area contributed by atoms with Crippen LogP contribution in [0.4, 0.5) is 0 Å². The second-order valence-corrected chi connectivity index (χ2v) is 9.86. The monoisotopic (exact) mass is 471 g/mol. The molecule has 178 valence electrons. The standard InChI is InChI=1S/C26H33NO5S/c1-6-17-8-10-18(11-9-17)22-21(26(30)32-12-13-33-7-2)16(4)27-19-14-15(3)20(25(29)31-5)24(28)23(19)22/h8-11,15,20,22,27H,6-7,12-14H2,1-5H3/t15-,20+,22+/m0/s1. The van der Waals surface area contributed by atoms with E-state index < -0.39 is 23.8 Å². The third kappa shape index (κ3) is 5.18. The van der Waals surface area contributed by atoms with Crippen molar-refractivity contribution in [2.75, 3.05) is 25.2 Å². The van der Waals surface area contributed by atoms with E-state index in [1.807, 2.05) is 38.1 Å². The quantitative estimate of drug-likeness (QED) is 0.346. The van der Waals surface area contributed by atoms with Gasteiger partial charge in [0.05, 0.1) is 12.7 Å². The van der Waals surface area contributed by atoms with E-state index in [4.69, 9.17) is 9.47 Å². The maximum Gasteiger partial charge on any atom is 0.336 e. The Morgan fingerprint density at radius 2 is 1.88 bits per heavy atom. The Morgan fingerprint density at radius 3 is 2.48 bits per heavy atom. The topological polar surface area (TPSA) is 81.7 Å². The maximum absolute atomic E-state index is 13.7. The van der Waals surface area contributed by atoms with Gasteiger partial charge in [0, 0.05) is 28.6 Å². The number of ketones is 1. The van der Waals surface area contributed by atoms with Crippen LogP contribution in [-0.4, -0.2) is 42.9 Å². The van der Waals surface area contributed by atoms with Crippen LogP contribution in [0, 0.1) is 11.8 Å². The number of allylic oxidation sites excluding steroid dienone is 3. The maximum atomic E-state index is 13.7. The predicted octanol–water partition coefficient (Wildman–Crippen LogP) is 4.16. The highest BCUT2D eigenvalue weighted by Gasteiger charge is 2.47. The molecule has 0 bridgehead atoms. The smallest absolute Gasteiger partial charge is 0.336 e. The number of methoxy groups -OCH3 is 1. The van der Waals surface area contributed by atoms with Gasteiger partial charge in [-0.25, -0.2) is 4.79 Å². The number of ether oxygens (including phenoxy) is 2. The van der Waals surface area contributed by atoms with E-state index in [-0.39, 0.29) is 11.7 Å². The number of hydrogen-bond donors (Lipinski definition) is 1. The van der Waals surface area contributed by atoms with Crippen LogP contribution in [0.2, 0.25) is 0 Å². The first kappa shape index (κ1) is 25.1. The minimum Gasteiger partial charge on any atom is -0.468 e. The van der Waals surface area contributed by atoms with Gasteiger partial charge in [-0.05, 0) is 42.6 Å². The van der Waals surface area contributed by atoms with E-state index in [0.29, 0.717) is 35.6 Å². The van der Waals surface area contributed by atoms with Gasteiger partial charge in [0.25, 0.3) is 0 Å². The zero-order valence-electron chi connectivity index (χ0n) is 20.0. The van der Waals surface area contributed by atoms with Crippen molar-refractivity contribution >= 4 is 29.5 Å². The summed E-state index contributed by atoms with van der Waals surface area (Å²) in [6, 6.07) is 7.96. The van der Waals surface area contributed by atoms with Gasteiger partial charge in [-0.3, -0.25) is 9.59 Å². The van der Waals surface area contributed by atoms with Crippen LogP contribution in [0.25, 0.3) is 0 Å². The van der Waals surface area contributed by atoms with Crippen molar-refractivity contribution < 1.29 is 23.9 Å². The fourth-order valence-corrected chi connectivity index (χ4v) is 5.14. The lowest BCUT2D eigenvalue weighted by Gasteiger charge is -2.38. The number of Topliss-reactive ketones (excluding diaryl/α,β-unsaturated/α-hetero) is 1. The fraction of sp³-hybridized carbons (Fsp3) is 0.500. The average Bonchev–Trinajstić information content (AvgIpc) is 2.80. The molecule has 0 aromatic heterocycles. The molecule has 1 aliphatic heterocycles. The summed E-state index contributed by atoms with van der Waals surface area (Å²) in [6.45, 7) is 8.16. The molecule has 0 spiro atoms. The van der Waals surface area contributed by atoms with Gasteiger partial charge in [0.1, 0.15) is 12.5 Å². The molecule has 0 saturated heterocycles. The number of dihydropyridines is 1. The van der Waals surface area contributed by atoms with E-state index >= 15 is 0 Å². The third-order valence-electron chi connectivity index (χ3n) is 6.35. The van der Waals surface area contributed by atoms with Gasteiger partial charge in [0.15, 0.2) is 5.78 Å². The van der Waals surface area contributed by atoms with E-state index in [1.54, 1.807) is 11.8 Å². The molecule has 0 fully saturated rings. The normalized spacial score (nSPS) is 22.6. The Morgan fingerprint density at radius 1 is 1.18 bits per heavy atom. The van der Waals surface area contributed by atoms with Crippen molar-refractivity contribution in [1.82, 2.24) is 5.32 Å². The average molecular weight is 472 g/mol. The van der Waals surface area contributed by atoms with Crippen LogP contribution in [0.15, 0.2) is 46.8 Å². The molecule has 1 N–H and O–H groups in total. The third-order valence-corrected chi connectivity index (χ3v) is 7.21. The minimum absolute atomic E-state index is 0.202. The molecule has 0 radical (unpaired) electrons. The summed E-state index contributed by atoms with van der Waals surface area (Å²) >= 11 is 1.70. The summed E-state index contributed by atoms with van der Waals surface area (Å²) in [5.74, 6) is -1.27. The lowest BCUT2D eigenvalue weighted by atomic mass is 9.69. The fourth-order valence-electron chi connectivity index (χ4n) is 4.65. The number of esters is 2. The van der Waals surface area contributed by atoms with E-state index in [0.717, 1.165) is 23.4 Å². The molecule has 33 heavy (non-hydrogen) atoms. The lowest BCUT2D eigenvalue weighted by Crippen LogP contribution is -2.43. The molecule has 0 unspecified atom stereocenters. The molecule has 1 aromatic rings. The first-order chi connectivity index (χ1) is 15.8. The van der Waals surface area contributed by atoms with Crippen LogP contribution < -0.4 is 5.32 Å². The molecule has 3 atom stereocenters. The number of thioether (sulfide) groups is 1. The second kappa shape index (κ2) is 11.1. The van der Waals surface area contributed by atoms with Crippen molar-refractivity contribution in [2.24, 2.45) is 11.8 Å². The minimum atomic E-state index is -0.885. The summed E-state index contributed by atoms with van der Waals surface area (Å²) in [4.78, 5) is 39.4. The Kier molecular flexibility index (Phi) is 8.40. The second-order valence-electron chi connectivity index (χ2n) is 8.46. The molecule has 6 nitrogen and oxygen atoms in total. The number of carbonyl (C=O) groups excluding carboxylic acids is 3. The van der Waals surface area contributed by atoms with Crippen molar-refractivity contribution in [3.8, 4) is 0 Å². The Labute approximate surface area is 200 Å². The van der Waals surface area contributed by atoms with E-state index in [1.165, 1.54) is 12.7 Å². The molecule has 0 amide bonds. The Bertz CT molecular complexity index is 979. The van der Waals surface area contributed by atoms with Gasteiger partial charge in [-0.15, -0.1) is 0 Å². The van der Waals surface area contributed by atoms with Crippen LogP contribution in [0.1, 0.15) is 51.2 Å². The lowest BCUT2D eigenvalue weighted by molar-refractivity contribution is -0.151. The highest BCUT2D eigenvalue weighted by atomic mass is 32.2. The van der Waals surface area contributed by atoms with Gasteiger partial charge in [0.2, 0.25) is 0 Å². The molecular formula is C26H33NO5S. The van der Waals surface area contributed by atoms with Crippen LogP contribution in [0.3, 0.4) is 0 Å². The molecule has 1 aromatic carbocycles. The zero-order valence-corrected chi connectivity index (χ0v) is 20.8. The molecule has 3 rings (SSSR count). The van der Waals surface area contributed by atoms with Crippen molar-refractivity contribution in [3.63, 3.8) is 0 Å². The molecule has 2 aliphatic rings. The number of hydrogen-bond acceptors (Lipinski definition) is 7. The zero-order chi connectivity index (χ0) is 24.1. The summed E-state index contributed by atoms with van der Waals surface area (Å²) in [7, 11) is 1.30. The molecular weight excluding hydrogens is 438 g/mol. The highest BCUT2D eigenvalue weighted by molar-refractivity contribution is 7.99. The molecule has 0 saturated carbocycles. The summed E-state index contributed by atoms with van der Waals surface area (Å²) in [6.07, 6.45) is 1.41. The largest absolute Gasteiger partial charge is 0.468 e. The predicted molar refractivity (Wildman–Crippen MR) is 130 cm³/mol. The Balaban J connectivity index is 2.06. The van der Waals surface area contributed by atoms with Crippen LogP contribution in [0.5, 0.6) is 0 Å². The first-order valence-corrected chi connectivity index (χ1v) is 12.7. The summed E-state index contributed by atoms with van der Waals surface area (Å²) in [5, 5.41) is 3.29. The first-order valence-electron chi connectivity index (χ1n) is 11.5. The van der Waals surface area contributed by atoms with Crippen molar-refractivity contribution in [1.29, 1.82) is 0 Å². The van der Waals surface area contributed by atoms with Crippen molar-refractivity contribution in [3.05, 3.63) is 57.9 Å². The SMILES string of the molecule is CCSCCOC(=O)C1=C(C)NC2=C(C(=O)[C@H](C(=O)OC)[C@@H](C)C2)[C@@H]1c1ccc(CC)cc1. The molecule has 7 heteroatoms. The van der Waals surface area contributed by atoms with Gasteiger partial charge in [-0.2, -0.15) is 11.8 Å². The van der Waals surface area contributed by atoms with Gasteiger partial charge in [-0.1, -0.05) is 45.0 Å². The van der Waals surface area contributed by atoms with E-state index in [9.17, 15) is 14.4 Å². The van der Waals surface area contributed by atoms with E-state index in [2.05, 4.69) is 19.2 Å². The van der Waals surface area contributed by atoms with Crippen LogP contribution in [-0.2, 0) is 30.3 Å². The number of nitrogens with one attached hydrogen (secondary N) is 1. The number of carbonyl (C=O) groups is 3. The highest BCUT2D eigenvalue weighted by Crippen LogP contribution is 2.45. The number of aryl methyl sites for hydroxylation is 1. The number of rotatable bonds is 8. The molecule has 1 aliphatic carbocycles. The van der Waals surface area contributed by atoms with Crippen molar-refractivity contribution in [2.45, 2.75) is 46.5 Å². The Hall–Kier alpha value is -2.54. The van der Waals surface area contributed by atoms with Gasteiger partial charge < -0.3 is 14.8 Å². The number of benzene rings is 1. The van der Waals surface area contributed by atoms with Gasteiger partial charge >= 0.3 is 11.9 Å².